The van der Waals surface area contributed by atoms with Gasteiger partial charge in [-0.15, -0.1) is 0 Å². The molecular weight excluding hydrogens is 368 g/mol. The lowest BCUT2D eigenvalue weighted by Gasteiger charge is -2.05. The molecule has 0 atom stereocenters. The van der Waals surface area contributed by atoms with Gasteiger partial charge in [0.1, 0.15) is 12.1 Å². The highest BCUT2D eigenvalue weighted by Gasteiger charge is 2.13. The van der Waals surface area contributed by atoms with E-state index in [0.29, 0.717) is 16.9 Å². The van der Waals surface area contributed by atoms with Gasteiger partial charge in [-0.3, -0.25) is 4.68 Å². The Labute approximate surface area is 158 Å². The summed E-state index contributed by atoms with van der Waals surface area (Å²) in [5.74, 6) is 6.31. The standard InChI is InChI=1S/C18H17F2N7O/c1-12-5-13(3-4-14-8-23-25(2)9-14)7-22-17(12)26-11-24-27(18(26)28)10-15(6-21)16(19)20/h5,7-9,11H,6,10,21H2,1-2H3. The number of hydrogen-bond acceptors (Lipinski definition) is 5. The molecule has 0 amide bonds. The fraction of sp³-hybridized carbons (Fsp3) is 0.222. The third kappa shape index (κ3) is 4.05. The van der Waals surface area contributed by atoms with E-state index in [9.17, 15) is 13.6 Å². The predicted octanol–water partition coefficient (Wildman–Crippen LogP) is 0.980. The number of nitrogens with zero attached hydrogens (tertiary/aromatic N) is 6. The van der Waals surface area contributed by atoms with Crippen molar-refractivity contribution in [1.29, 1.82) is 0 Å². The zero-order chi connectivity index (χ0) is 20.3. The number of hydrogen-bond donors (Lipinski definition) is 1. The van der Waals surface area contributed by atoms with Gasteiger partial charge in [-0.05, 0) is 18.6 Å². The summed E-state index contributed by atoms with van der Waals surface area (Å²) in [7, 11) is 1.80. The molecule has 0 saturated carbocycles. The highest BCUT2D eigenvalue weighted by atomic mass is 19.3. The Bertz CT molecular complexity index is 1160. The zero-order valence-corrected chi connectivity index (χ0v) is 15.2. The number of nitrogens with two attached hydrogens (primary N) is 1. The van der Waals surface area contributed by atoms with Crippen molar-refractivity contribution in [3.05, 3.63) is 69.8 Å². The molecule has 0 aliphatic carbocycles. The third-order valence-electron chi connectivity index (χ3n) is 3.92. The van der Waals surface area contributed by atoms with E-state index in [1.54, 1.807) is 37.1 Å². The molecule has 0 fully saturated rings. The lowest BCUT2D eigenvalue weighted by molar-refractivity contribution is 0.400. The van der Waals surface area contributed by atoms with Gasteiger partial charge in [0, 0.05) is 37.1 Å². The minimum atomic E-state index is -1.91. The number of halogens is 2. The van der Waals surface area contributed by atoms with Crippen molar-refractivity contribution in [2.75, 3.05) is 6.54 Å². The molecule has 3 aromatic heterocycles. The number of aromatic nitrogens is 6. The summed E-state index contributed by atoms with van der Waals surface area (Å²) < 4.78 is 29.3. The van der Waals surface area contributed by atoms with E-state index in [0.717, 1.165) is 10.2 Å². The largest absolute Gasteiger partial charge is 0.351 e. The average molecular weight is 385 g/mol. The SMILES string of the molecule is Cc1cc(C#Cc2cnn(C)c2)cnc1-n1cnn(CC(CN)=C(F)F)c1=O. The Balaban J connectivity index is 1.88. The summed E-state index contributed by atoms with van der Waals surface area (Å²) >= 11 is 0. The molecule has 10 heteroatoms. The number of rotatable bonds is 4. The highest BCUT2D eigenvalue weighted by molar-refractivity contribution is 5.44. The first-order valence-electron chi connectivity index (χ1n) is 8.24. The van der Waals surface area contributed by atoms with Gasteiger partial charge in [-0.2, -0.15) is 19.0 Å². The number of aryl methyl sites for hydroxylation is 2. The minimum Gasteiger partial charge on any atom is -0.327 e. The van der Waals surface area contributed by atoms with Crippen molar-refractivity contribution in [2.24, 2.45) is 12.8 Å². The molecule has 0 bridgehead atoms. The van der Waals surface area contributed by atoms with Gasteiger partial charge < -0.3 is 5.73 Å². The van der Waals surface area contributed by atoms with Gasteiger partial charge in [0.15, 0.2) is 0 Å². The second kappa shape index (κ2) is 7.98. The first-order valence-corrected chi connectivity index (χ1v) is 8.24. The molecule has 3 rings (SSSR count). The molecule has 0 aliphatic heterocycles. The van der Waals surface area contributed by atoms with E-state index in [1.165, 1.54) is 17.1 Å². The summed E-state index contributed by atoms with van der Waals surface area (Å²) in [6, 6.07) is 1.78. The maximum absolute atomic E-state index is 12.8. The van der Waals surface area contributed by atoms with Gasteiger partial charge in [0.2, 0.25) is 0 Å². The number of pyridine rings is 1. The maximum Gasteiger partial charge on any atom is 0.351 e. The fourth-order valence-corrected chi connectivity index (χ4v) is 2.49. The third-order valence-corrected chi connectivity index (χ3v) is 3.92. The Morgan fingerprint density at radius 3 is 2.57 bits per heavy atom. The molecule has 8 nitrogen and oxygen atoms in total. The second-order valence-corrected chi connectivity index (χ2v) is 6.03. The molecule has 0 aliphatic rings. The Hall–Kier alpha value is -3.58. The Kier molecular flexibility index (Phi) is 5.47. The van der Waals surface area contributed by atoms with Gasteiger partial charge in [0.05, 0.1) is 18.3 Å². The Morgan fingerprint density at radius 1 is 1.21 bits per heavy atom. The summed E-state index contributed by atoms with van der Waals surface area (Å²) in [6.45, 7) is 1.04. The first-order chi connectivity index (χ1) is 13.4. The lowest BCUT2D eigenvalue weighted by atomic mass is 10.2. The molecule has 28 heavy (non-hydrogen) atoms. The summed E-state index contributed by atoms with van der Waals surface area (Å²) in [5, 5.41) is 7.91. The molecule has 144 valence electrons. The van der Waals surface area contributed by atoms with E-state index in [2.05, 4.69) is 27.0 Å². The van der Waals surface area contributed by atoms with Crippen LogP contribution in [0.4, 0.5) is 8.78 Å². The summed E-state index contributed by atoms with van der Waals surface area (Å²) in [5.41, 5.74) is 6.47. The van der Waals surface area contributed by atoms with E-state index in [1.807, 2.05) is 0 Å². The van der Waals surface area contributed by atoms with Gasteiger partial charge in [-0.1, -0.05) is 11.8 Å². The second-order valence-electron chi connectivity index (χ2n) is 6.03. The van der Waals surface area contributed by atoms with Crippen LogP contribution in [0.5, 0.6) is 0 Å². The topological polar surface area (TPSA) is 96.6 Å². The smallest absolute Gasteiger partial charge is 0.327 e. The Morgan fingerprint density at radius 2 is 1.96 bits per heavy atom. The van der Waals surface area contributed by atoms with E-state index >= 15 is 0 Å². The summed E-state index contributed by atoms with van der Waals surface area (Å²) in [6.07, 6.45) is 4.31. The van der Waals surface area contributed by atoms with Crippen LogP contribution >= 0.6 is 0 Å². The fourth-order valence-electron chi connectivity index (χ4n) is 2.49. The summed E-state index contributed by atoms with van der Waals surface area (Å²) in [4.78, 5) is 16.7. The van der Waals surface area contributed by atoms with Crippen molar-refractivity contribution in [1.82, 2.24) is 29.1 Å². The highest BCUT2D eigenvalue weighted by Crippen LogP contribution is 2.11. The first kappa shape index (κ1) is 19.2. The quantitative estimate of drug-likeness (QED) is 0.676. The van der Waals surface area contributed by atoms with Crippen LogP contribution in [0.25, 0.3) is 5.82 Å². The normalized spacial score (nSPS) is 10.5. The lowest BCUT2D eigenvalue weighted by Crippen LogP contribution is -2.27. The van der Waals surface area contributed by atoms with Crippen LogP contribution < -0.4 is 11.4 Å². The van der Waals surface area contributed by atoms with Crippen molar-refractivity contribution >= 4 is 0 Å². The van der Waals surface area contributed by atoms with Crippen molar-refractivity contribution < 1.29 is 8.78 Å². The van der Waals surface area contributed by atoms with Crippen LogP contribution in [0.3, 0.4) is 0 Å². The van der Waals surface area contributed by atoms with Crippen LogP contribution in [-0.2, 0) is 13.6 Å². The molecule has 0 aromatic carbocycles. The average Bonchev–Trinajstić information content (AvgIpc) is 3.23. The molecule has 3 aromatic rings. The van der Waals surface area contributed by atoms with Gasteiger partial charge in [0.25, 0.3) is 6.08 Å². The van der Waals surface area contributed by atoms with E-state index in [-0.39, 0.29) is 18.7 Å². The molecule has 0 spiro atoms. The molecule has 0 saturated heterocycles. The maximum atomic E-state index is 12.8. The van der Waals surface area contributed by atoms with Gasteiger partial charge >= 0.3 is 5.69 Å². The van der Waals surface area contributed by atoms with Crippen LogP contribution in [-0.4, -0.2) is 35.7 Å². The van der Waals surface area contributed by atoms with Crippen LogP contribution in [0, 0.1) is 18.8 Å². The zero-order valence-electron chi connectivity index (χ0n) is 15.2. The molecule has 2 N–H and O–H groups in total. The monoisotopic (exact) mass is 385 g/mol. The van der Waals surface area contributed by atoms with E-state index in [4.69, 9.17) is 5.73 Å². The van der Waals surface area contributed by atoms with Gasteiger partial charge in [-0.25, -0.2) is 19.0 Å². The predicted molar refractivity (Wildman–Crippen MR) is 97.8 cm³/mol. The molecule has 3 heterocycles. The van der Waals surface area contributed by atoms with Crippen molar-refractivity contribution in [3.8, 4) is 17.7 Å². The molecule has 0 unspecified atom stereocenters. The van der Waals surface area contributed by atoms with Crippen LogP contribution in [0.2, 0.25) is 0 Å². The molecular formula is C18H17F2N7O. The van der Waals surface area contributed by atoms with E-state index < -0.39 is 11.8 Å². The van der Waals surface area contributed by atoms with Crippen LogP contribution in [0.1, 0.15) is 16.7 Å². The minimum absolute atomic E-state index is 0.349. The molecule has 0 radical (unpaired) electrons. The van der Waals surface area contributed by atoms with Crippen molar-refractivity contribution in [3.63, 3.8) is 0 Å². The van der Waals surface area contributed by atoms with Crippen molar-refractivity contribution in [2.45, 2.75) is 13.5 Å². The van der Waals surface area contributed by atoms with Crippen LogP contribution in [0.15, 0.2) is 47.4 Å².